The average Bonchev–Trinajstić information content (AvgIpc) is 2.41. The molecule has 0 unspecified atom stereocenters. The Labute approximate surface area is 137 Å². The summed E-state index contributed by atoms with van der Waals surface area (Å²) in [5, 5.41) is 0.570. The van der Waals surface area contributed by atoms with Gasteiger partial charge in [0.1, 0.15) is 4.90 Å². The highest BCUT2D eigenvalue weighted by molar-refractivity contribution is 9.10. The summed E-state index contributed by atoms with van der Waals surface area (Å²) >= 11 is 9.17. The molecule has 0 aromatic heterocycles. The first-order chi connectivity index (χ1) is 9.80. The summed E-state index contributed by atoms with van der Waals surface area (Å²) in [4.78, 5) is 0.0846. The van der Waals surface area contributed by atoms with E-state index in [4.69, 9.17) is 17.3 Å². The van der Waals surface area contributed by atoms with Crippen molar-refractivity contribution in [3.63, 3.8) is 0 Å². The second-order valence-electron chi connectivity index (χ2n) is 4.57. The van der Waals surface area contributed by atoms with Crippen LogP contribution in [0.25, 0.3) is 0 Å². The molecule has 0 fully saturated rings. The zero-order chi connectivity index (χ0) is 15.6. The summed E-state index contributed by atoms with van der Waals surface area (Å²) < 4.78 is 27.1. The number of sulfonamides is 1. The van der Waals surface area contributed by atoms with Crippen LogP contribution in [-0.4, -0.2) is 19.8 Å². The van der Waals surface area contributed by atoms with Crippen LogP contribution in [0.1, 0.15) is 5.56 Å². The molecule has 4 nitrogen and oxygen atoms in total. The van der Waals surface area contributed by atoms with Crippen molar-refractivity contribution < 1.29 is 8.42 Å². The number of hydrogen-bond acceptors (Lipinski definition) is 3. The first-order valence-corrected chi connectivity index (χ1v) is 8.67. The Hall–Kier alpha value is -1.08. The molecule has 0 bridgehead atoms. The van der Waals surface area contributed by atoms with Crippen molar-refractivity contribution in [1.82, 2.24) is 4.31 Å². The van der Waals surface area contributed by atoms with Crippen LogP contribution in [0.2, 0.25) is 5.02 Å². The molecule has 0 amide bonds. The van der Waals surface area contributed by atoms with Crippen molar-refractivity contribution in [3.05, 3.63) is 57.5 Å². The minimum atomic E-state index is -3.67. The van der Waals surface area contributed by atoms with Crippen molar-refractivity contribution in [3.8, 4) is 0 Å². The molecule has 0 aliphatic rings. The highest BCUT2D eigenvalue weighted by atomic mass is 79.9. The Balaban J connectivity index is 2.33. The maximum absolute atomic E-state index is 12.6. The van der Waals surface area contributed by atoms with Gasteiger partial charge in [-0.05, 0) is 35.9 Å². The van der Waals surface area contributed by atoms with Crippen LogP contribution in [0.5, 0.6) is 0 Å². The predicted octanol–water partition coefficient (Wildman–Crippen LogP) is 3.51. The molecule has 0 aliphatic heterocycles. The summed E-state index contributed by atoms with van der Waals surface area (Å²) in [6, 6.07) is 11.8. The molecule has 0 saturated carbocycles. The first-order valence-electron chi connectivity index (χ1n) is 6.06. The third-order valence-electron chi connectivity index (χ3n) is 2.96. The number of halogens is 2. The maximum Gasteiger partial charge on any atom is 0.245 e. The van der Waals surface area contributed by atoms with Gasteiger partial charge in [0, 0.05) is 23.1 Å². The van der Waals surface area contributed by atoms with Gasteiger partial charge >= 0.3 is 0 Å². The fourth-order valence-corrected chi connectivity index (χ4v) is 3.90. The number of nitrogens with zero attached hydrogens (tertiary/aromatic N) is 1. The fourth-order valence-electron chi connectivity index (χ4n) is 1.88. The molecule has 0 radical (unpaired) electrons. The normalized spacial score (nSPS) is 11.8. The van der Waals surface area contributed by atoms with E-state index in [1.165, 1.54) is 17.4 Å². The van der Waals surface area contributed by atoms with E-state index in [0.717, 1.165) is 5.56 Å². The molecule has 0 saturated heterocycles. The number of hydrogen-bond donors (Lipinski definition) is 1. The summed E-state index contributed by atoms with van der Waals surface area (Å²) in [6.07, 6.45) is 0. The Morgan fingerprint density at radius 2 is 1.95 bits per heavy atom. The molecular formula is C14H14BrClN2O2S. The van der Waals surface area contributed by atoms with Gasteiger partial charge in [0.15, 0.2) is 0 Å². The minimum absolute atomic E-state index is 0.0846. The van der Waals surface area contributed by atoms with Crippen LogP contribution in [0.4, 0.5) is 5.69 Å². The Morgan fingerprint density at radius 3 is 2.62 bits per heavy atom. The van der Waals surface area contributed by atoms with Crippen molar-refractivity contribution in [1.29, 1.82) is 0 Å². The fraction of sp³-hybridized carbons (Fsp3) is 0.143. The first kappa shape index (κ1) is 16.3. The lowest BCUT2D eigenvalue weighted by atomic mass is 10.2. The molecule has 0 atom stereocenters. The molecule has 0 spiro atoms. The van der Waals surface area contributed by atoms with Gasteiger partial charge in [-0.1, -0.05) is 39.7 Å². The lowest BCUT2D eigenvalue weighted by molar-refractivity contribution is 0.467. The molecule has 2 aromatic carbocycles. The lowest BCUT2D eigenvalue weighted by Crippen LogP contribution is -2.27. The predicted molar refractivity (Wildman–Crippen MR) is 88.7 cm³/mol. The van der Waals surface area contributed by atoms with Crippen LogP contribution in [0.15, 0.2) is 51.8 Å². The van der Waals surface area contributed by atoms with Crippen LogP contribution in [-0.2, 0) is 16.6 Å². The Morgan fingerprint density at radius 1 is 1.24 bits per heavy atom. The maximum atomic E-state index is 12.6. The van der Waals surface area contributed by atoms with Crippen LogP contribution >= 0.6 is 27.5 Å². The van der Waals surface area contributed by atoms with Crippen molar-refractivity contribution in [2.24, 2.45) is 0 Å². The van der Waals surface area contributed by atoms with Gasteiger partial charge in [0.05, 0.1) is 5.69 Å². The van der Waals surface area contributed by atoms with E-state index < -0.39 is 10.0 Å². The van der Waals surface area contributed by atoms with E-state index in [1.807, 2.05) is 6.07 Å². The molecule has 0 heterocycles. The zero-order valence-corrected chi connectivity index (χ0v) is 14.4. The van der Waals surface area contributed by atoms with E-state index in [0.29, 0.717) is 9.50 Å². The summed E-state index contributed by atoms with van der Waals surface area (Å²) in [7, 11) is -2.16. The van der Waals surface area contributed by atoms with Gasteiger partial charge < -0.3 is 5.73 Å². The van der Waals surface area contributed by atoms with Gasteiger partial charge in [-0.15, -0.1) is 0 Å². The second kappa shape index (κ2) is 6.36. The van der Waals surface area contributed by atoms with Crippen LogP contribution in [0.3, 0.4) is 0 Å². The van der Waals surface area contributed by atoms with Gasteiger partial charge in [0.25, 0.3) is 0 Å². The van der Waals surface area contributed by atoms with Crippen molar-refractivity contribution in [2.75, 3.05) is 12.8 Å². The molecule has 112 valence electrons. The highest BCUT2D eigenvalue weighted by Crippen LogP contribution is 2.26. The number of rotatable bonds is 4. The molecule has 21 heavy (non-hydrogen) atoms. The lowest BCUT2D eigenvalue weighted by Gasteiger charge is -2.18. The van der Waals surface area contributed by atoms with E-state index in [9.17, 15) is 8.42 Å². The molecule has 7 heteroatoms. The van der Waals surface area contributed by atoms with Crippen molar-refractivity contribution in [2.45, 2.75) is 11.4 Å². The Kier molecular flexibility index (Phi) is 4.93. The van der Waals surface area contributed by atoms with E-state index in [-0.39, 0.29) is 17.1 Å². The van der Waals surface area contributed by atoms with Crippen LogP contribution in [0, 0.1) is 0 Å². The third kappa shape index (κ3) is 3.77. The SMILES string of the molecule is CN(Cc1cccc(Cl)c1)S(=O)(=O)c1cc(Br)ccc1N. The van der Waals surface area contributed by atoms with E-state index in [1.54, 1.807) is 30.3 Å². The largest absolute Gasteiger partial charge is 0.398 e. The second-order valence-corrected chi connectivity index (χ2v) is 7.94. The summed E-state index contributed by atoms with van der Waals surface area (Å²) in [5.41, 5.74) is 6.81. The number of anilines is 1. The van der Waals surface area contributed by atoms with E-state index in [2.05, 4.69) is 15.9 Å². The average molecular weight is 390 g/mol. The number of nitrogen functional groups attached to an aromatic ring is 1. The molecule has 0 aliphatic carbocycles. The summed E-state index contributed by atoms with van der Waals surface area (Å²) in [5.74, 6) is 0. The molecular weight excluding hydrogens is 376 g/mol. The number of nitrogens with two attached hydrogens (primary N) is 1. The topological polar surface area (TPSA) is 63.4 Å². The zero-order valence-electron chi connectivity index (χ0n) is 11.3. The highest BCUT2D eigenvalue weighted by Gasteiger charge is 2.23. The third-order valence-corrected chi connectivity index (χ3v) is 5.55. The van der Waals surface area contributed by atoms with Crippen molar-refractivity contribution >= 4 is 43.2 Å². The monoisotopic (exact) mass is 388 g/mol. The van der Waals surface area contributed by atoms with Gasteiger partial charge in [-0.25, -0.2) is 8.42 Å². The molecule has 2 rings (SSSR count). The number of benzene rings is 2. The summed E-state index contributed by atoms with van der Waals surface area (Å²) in [6.45, 7) is 0.217. The molecule has 2 aromatic rings. The van der Waals surface area contributed by atoms with Gasteiger partial charge in [-0.2, -0.15) is 4.31 Å². The molecule has 2 N–H and O–H groups in total. The van der Waals surface area contributed by atoms with Gasteiger partial charge in [-0.3, -0.25) is 0 Å². The Bertz CT molecular complexity index is 765. The quantitative estimate of drug-likeness (QED) is 0.814. The standard InChI is InChI=1S/C14H14BrClN2O2S/c1-18(9-10-3-2-4-12(16)7-10)21(19,20)14-8-11(15)5-6-13(14)17/h2-8H,9,17H2,1H3. The smallest absolute Gasteiger partial charge is 0.245 e. The minimum Gasteiger partial charge on any atom is -0.398 e. The van der Waals surface area contributed by atoms with Gasteiger partial charge in [0.2, 0.25) is 10.0 Å². The van der Waals surface area contributed by atoms with E-state index >= 15 is 0 Å². The van der Waals surface area contributed by atoms with Crippen LogP contribution < -0.4 is 5.73 Å².